The number of hydrogen-bond donors (Lipinski definition) is 2. The average molecular weight is 306 g/mol. The lowest BCUT2D eigenvalue weighted by Gasteiger charge is -2.63. The van der Waals surface area contributed by atoms with Gasteiger partial charge in [0.2, 0.25) is 0 Å². The maximum Gasteiger partial charge on any atom is 0.309 e. The van der Waals surface area contributed by atoms with Gasteiger partial charge < -0.3 is 10.2 Å². The molecule has 4 rings (SSSR count). The van der Waals surface area contributed by atoms with Crippen LogP contribution in [-0.4, -0.2) is 22.3 Å². The third-order valence-corrected chi connectivity index (χ3v) is 8.59. The van der Waals surface area contributed by atoms with Crippen LogP contribution in [0.4, 0.5) is 0 Å². The van der Waals surface area contributed by atoms with Crippen molar-refractivity contribution in [3.05, 3.63) is 0 Å². The normalized spacial score (nSPS) is 57.0. The molecular weight excluding hydrogens is 276 g/mol. The molecule has 4 aliphatic rings. The van der Waals surface area contributed by atoms with E-state index < -0.39 is 11.4 Å². The summed E-state index contributed by atoms with van der Waals surface area (Å²) in [4.78, 5) is 12.0. The zero-order valence-corrected chi connectivity index (χ0v) is 14.0. The number of carboxylic acid groups (broad SMARTS) is 1. The van der Waals surface area contributed by atoms with Crippen LogP contribution >= 0.6 is 0 Å². The molecule has 2 N–H and O–H groups in total. The van der Waals surface area contributed by atoms with Crippen molar-refractivity contribution in [2.75, 3.05) is 0 Å². The topological polar surface area (TPSA) is 57.5 Å². The quantitative estimate of drug-likeness (QED) is 0.773. The second-order valence-corrected chi connectivity index (χ2v) is 9.40. The van der Waals surface area contributed by atoms with Gasteiger partial charge in [-0.3, -0.25) is 4.79 Å². The number of carbonyl (C=O) groups is 1. The number of aliphatic carboxylic acids is 1. The van der Waals surface area contributed by atoms with E-state index in [-0.39, 0.29) is 11.5 Å². The lowest BCUT2D eigenvalue weighted by Crippen LogP contribution is -2.58. The summed E-state index contributed by atoms with van der Waals surface area (Å²) in [6.45, 7) is 4.40. The Labute approximate surface area is 133 Å². The van der Waals surface area contributed by atoms with E-state index >= 15 is 0 Å². The van der Waals surface area contributed by atoms with Crippen LogP contribution in [0.2, 0.25) is 0 Å². The molecule has 4 saturated carbocycles. The van der Waals surface area contributed by atoms with Gasteiger partial charge in [0, 0.05) is 0 Å². The van der Waals surface area contributed by atoms with E-state index in [0.29, 0.717) is 23.2 Å². The second-order valence-electron chi connectivity index (χ2n) is 9.40. The highest BCUT2D eigenvalue weighted by Crippen LogP contribution is 2.71. The van der Waals surface area contributed by atoms with Crippen molar-refractivity contribution in [2.45, 2.75) is 77.7 Å². The molecule has 124 valence electrons. The summed E-state index contributed by atoms with van der Waals surface area (Å²) in [7, 11) is 0. The van der Waals surface area contributed by atoms with Crippen LogP contribution in [0.25, 0.3) is 0 Å². The van der Waals surface area contributed by atoms with E-state index in [1.807, 2.05) is 6.92 Å². The standard InChI is InChI=1S/C19H30O3/c1-17-7-3-8-18(2,16(21)22)14(17)6-9-19-10-12(13(20)11-19)4-5-15(17)19/h12-15,20H,3-11H2,1-2H3,(H,21,22)/t12-,13-,14+,15+,17-,18-,19?/m1/s1. The first-order chi connectivity index (χ1) is 10.3. The minimum Gasteiger partial charge on any atom is -0.481 e. The van der Waals surface area contributed by atoms with Gasteiger partial charge in [0.25, 0.3) is 0 Å². The van der Waals surface area contributed by atoms with Crippen LogP contribution in [0.5, 0.6) is 0 Å². The molecule has 3 nitrogen and oxygen atoms in total. The predicted octanol–water partition coefficient (Wildman–Crippen LogP) is 3.84. The molecule has 1 spiro atoms. The Bertz CT molecular complexity index is 499. The predicted molar refractivity (Wildman–Crippen MR) is 84.3 cm³/mol. The third kappa shape index (κ3) is 1.69. The van der Waals surface area contributed by atoms with Crippen LogP contribution in [0, 0.1) is 34.0 Å². The third-order valence-electron chi connectivity index (χ3n) is 8.59. The van der Waals surface area contributed by atoms with E-state index in [0.717, 1.165) is 38.5 Å². The Morgan fingerprint density at radius 1 is 1.00 bits per heavy atom. The fourth-order valence-corrected chi connectivity index (χ4v) is 7.66. The molecule has 0 heterocycles. The molecule has 4 aliphatic carbocycles. The van der Waals surface area contributed by atoms with Gasteiger partial charge >= 0.3 is 5.97 Å². The largest absolute Gasteiger partial charge is 0.481 e. The molecular formula is C19H30O3. The Morgan fingerprint density at radius 3 is 2.50 bits per heavy atom. The second kappa shape index (κ2) is 4.49. The first-order valence-corrected chi connectivity index (χ1v) is 9.23. The van der Waals surface area contributed by atoms with Crippen molar-refractivity contribution in [1.82, 2.24) is 0 Å². The molecule has 1 unspecified atom stereocenters. The smallest absolute Gasteiger partial charge is 0.309 e. The van der Waals surface area contributed by atoms with Crippen LogP contribution < -0.4 is 0 Å². The molecule has 0 amide bonds. The lowest BCUT2D eigenvalue weighted by molar-refractivity contribution is -0.181. The van der Waals surface area contributed by atoms with E-state index in [4.69, 9.17) is 0 Å². The lowest BCUT2D eigenvalue weighted by atomic mass is 9.41. The highest BCUT2D eigenvalue weighted by atomic mass is 16.4. The van der Waals surface area contributed by atoms with Gasteiger partial charge in [-0.2, -0.15) is 0 Å². The summed E-state index contributed by atoms with van der Waals surface area (Å²) >= 11 is 0. The van der Waals surface area contributed by atoms with Crippen LogP contribution in [-0.2, 0) is 4.79 Å². The van der Waals surface area contributed by atoms with Crippen molar-refractivity contribution in [1.29, 1.82) is 0 Å². The SMILES string of the molecule is C[C@@]12CCC[C@@](C)(C(=O)O)[C@H]1CCC13C[C@@H](CC[C@H]12)[C@H](O)C3. The monoisotopic (exact) mass is 306 g/mol. The van der Waals surface area contributed by atoms with E-state index in [1.165, 1.54) is 19.3 Å². The number of rotatable bonds is 1. The van der Waals surface area contributed by atoms with E-state index in [2.05, 4.69) is 6.92 Å². The zero-order valence-electron chi connectivity index (χ0n) is 14.0. The van der Waals surface area contributed by atoms with Crippen LogP contribution in [0.15, 0.2) is 0 Å². The molecule has 4 fully saturated rings. The summed E-state index contributed by atoms with van der Waals surface area (Å²) in [5.41, 5.74) is -0.0499. The highest BCUT2D eigenvalue weighted by Gasteiger charge is 2.65. The van der Waals surface area contributed by atoms with Crippen molar-refractivity contribution < 1.29 is 15.0 Å². The molecule has 0 saturated heterocycles. The summed E-state index contributed by atoms with van der Waals surface area (Å²) < 4.78 is 0. The number of hydrogen-bond acceptors (Lipinski definition) is 2. The van der Waals surface area contributed by atoms with Gasteiger partial charge in [-0.1, -0.05) is 13.3 Å². The molecule has 0 aromatic heterocycles. The summed E-state index contributed by atoms with van der Waals surface area (Å²) in [6, 6.07) is 0. The van der Waals surface area contributed by atoms with Crippen molar-refractivity contribution in [3.8, 4) is 0 Å². The zero-order chi connectivity index (χ0) is 15.8. The molecule has 7 atom stereocenters. The average Bonchev–Trinajstić information content (AvgIpc) is 2.68. The fraction of sp³-hybridized carbons (Fsp3) is 0.947. The van der Waals surface area contributed by atoms with Crippen molar-refractivity contribution in [2.24, 2.45) is 34.0 Å². The van der Waals surface area contributed by atoms with Crippen molar-refractivity contribution >= 4 is 5.97 Å². The maximum absolute atomic E-state index is 12.0. The molecule has 22 heavy (non-hydrogen) atoms. The number of carboxylic acids is 1. The Hall–Kier alpha value is -0.570. The first kappa shape index (κ1) is 15.0. The van der Waals surface area contributed by atoms with Gasteiger partial charge in [-0.05, 0) is 86.9 Å². The van der Waals surface area contributed by atoms with Crippen LogP contribution in [0.3, 0.4) is 0 Å². The van der Waals surface area contributed by atoms with Gasteiger partial charge in [0.15, 0.2) is 0 Å². The maximum atomic E-state index is 12.0. The van der Waals surface area contributed by atoms with Crippen LogP contribution in [0.1, 0.15) is 71.6 Å². The molecule has 2 bridgehead atoms. The summed E-state index contributed by atoms with van der Waals surface area (Å²) in [5.74, 6) is 0.882. The number of fused-ring (bicyclic) bond motifs is 3. The summed E-state index contributed by atoms with van der Waals surface area (Å²) in [5, 5.41) is 20.3. The molecule has 0 radical (unpaired) electrons. The summed E-state index contributed by atoms with van der Waals surface area (Å²) in [6.07, 6.45) is 9.72. The fourth-order valence-electron chi connectivity index (χ4n) is 7.66. The first-order valence-electron chi connectivity index (χ1n) is 9.23. The Morgan fingerprint density at radius 2 is 1.77 bits per heavy atom. The minimum absolute atomic E-state index is 0.0976. The molecule has 0 aromatic rings. The van der Waals surface area contributed by atoms with E-state index in [1.54, 1.807) is 0 Å². The number of aliphatic hydroxyl groups is 1. The molecule has 0 aliphatic heterocycles. The number of aliphatic hydroxyl groups excluding tert-OH is 1. The molecule has 0 aromatic carbocycles. The Balaban J connectivity index is 1.73. The van der Waals surface area contributed by atoms with Crippen molar-refractivity contribution in [3.63, 3.8) is 0 Å². The minimum atomic E-state index is -0.584. The van der Waals surface area contributed by atoms with Gasteiger partial charge in [-0.25, -0.2) is 0 Å². The van der Waals surface area contributed by atoms with E-state index in [9.17, 15) is 15.0 Å². The van der Waals surface area contributed by atoms with Gasteiger partial charge in [-0.15, -0.1) is 0 Å². The van der Waals surface area contributed by atoms with Gasteiger partial charge in [0.05, 0.1) is 11.5 Å². The Kier molecular flexibility index (Phi) is 3.06. The van der Waals surface area contributed by atoms with Gasteiger partial charge in [0.1, 0.15) is 0 Å². The highest BCUT2D eigenvalue weighted by molar-refractivity contribution is 5.75. The molecule has 3 heteroatoms.